The molecule has 2 aromatic carbocycles. The molecule has 2 aliphatic rings. The Labute approximate surface area is 188 Å². The summed E-state index contributed by atoms with van der Waals surface area (Å²) in [5.41, 5.74) is 1.93. The van der Waals surface area contributed by atoms with Crippen LogP contribution in [0.2, 0.25) is 0 Å². The van der Waals surface area contributed by atoms with E-state index in [0.717, 1.165) is 12.2 Å². The van der Waals surface area contributed by atoms with Crippen molar-refractivity contribution in [2.75, 3.05) is 31.7 Å². The summed E-state index contributed by atoms with van der Waals surface area (Å²) in [4.78, 5) is 27.8. The van der Waals surface area contributed by atoms with E-state index in [1.807, 2.05) is 51.1 Å². The van der Waals surface area contributed by atoms with Gasteiger partial charge < -0.3 is 19.5 Å². The summed E-state index contributed by atoms with van der Waals surface area (Å²) >= 11 is 0. The Morgan fingerprint density at radius 3 is 2.41 bits per heavy atom. The van der Waals surface area contributed by atoms with Crippen LogP contribution in [-0.4, -0.2) is 43.1 Å². The lowest BCUT2D eigenvalue weighted by Gasteiger charge is -2.20. The molecule has 1 N–H and O–H groups in total. The van der Waals surface area contributed by atoms with Gasteiger partial charge in [0.05, 0.1) is 12.2 Å². The summed E-state index contributed by atoms with van der Waals surface area (Å²) in [7, 11) is 0. The van der Waals surface area contributed by atoms with E-state index in [1.165, 1.54) is 4.90 Å². The number of carbonyl (C=O) groups excluding carboxylic acids is 2. The van der Waals surface area contributed by atoms with Crippen LogP contribution >= 0.6 is 0 Å². The zero-order valence-corrected chi connectivity index (χ0v) is 18.6. The number of imide groups is 1. The van der Waals surface area contributed by atoms with Crippen LogP contribution in [0, 0.1) is 5.92 Å². The molecular formula is C25H28N2O5. The maximum absolute atomic E-state index is 13.3. The fraction of sp³-hybridized carbons (Fsp3) is 0.360. The number of anilines is 1. The third kappa shape index (κ3) is 4.42. The number of nitrogens with zero attached hydrogens (tertiary/aromatic N) is 1. The van der Waals surface area contributed by atoms with E-state index < -0.39 is 0 Å². The molecule has 0 saturated carbocycles. The molecule has 0 aliphatic carbocycles. The molecule has 2 heterocycles. The molecule has 0 fully saturated rings. The van der Waals surface area contributed by atoms with Crippen LogP contribution in [0.25, 0.3) is 5.57 Å². The summed E-state index contributed by atoms with van der Waals surface area (Å²) in [6.45, 7) is 7.95. The van der Waals surface area contributed by atoms with E-state index in [-0.39, 0.29) is 23.4 Å². The lowest BCUT2D eigenvalue weighted by atomic mass is 10.0. The van der Waals surface area contributed by atoms with Crippen molar-refractivity contribution in [3.05, 3.63) is 53.7 Å². The van der Waals surface area contributed by atoms with Gasteiger partial charge in [0, 0.05) is 18.3 Å². The molecule has 2 aliphatic heterocycles. The number of benzene rings is 2. The quantitative estimate of drug-likeness (QED) is 0.628. The Kier molecular flexibility index (Phi) is 6.35. The Morgan fingerprint density at radius 2 is 1.72 bits per heavy atom. The molecule has 0 atom stereocenters. The molecule has 32 heavy (non-hydrogen) atoms. The number of rotatable bonds is 8. The molecule has 2 aromatic rings. The van der Waals surface area contributed by atoms with Gasteiger partial charge >= 0.3 is 0 Å². The second-order valence-electron chi connectivity index (χ2n) is 8.22. The largest absolute Gasteiger partial charge is 0.494 e. The lowest BCUT2D eigenvalue weighted by molar-refractivity contribution is -0.137. The first-order chi connectivity index (χ1) is 15.5. The normalized spacial score (nSPS) is 15.6. The summed E-state index contributed by atoms with van der Waals surface area (Å²) < 4.78 is 16.9. The van der Waals surface area contributed by atoms with Crippen molar-refractivity contribution < 1.29 is 23.8 Å². The van der Waals surface area contributed by atoms with Gasteiger partial charge in [-0.25, -0.2) is 0 Å². The molecule has 168 valence electrons. The molecule has 4 rings (SSSR count). The van der Waals surface area contributed by atoms with E-state index >= 15 is 0 Å². The second kappa shape index (κ2) is 9.34. The Balaban J connectivity index is 1.69. The van der Waals surface area contributed by atoms with Crippen LogP contribution in [0.3, 0.4) is 0 Å². The Bertz CT molecular complexity index is 1040. The minimum absolute atomic E-state index is 0.155. The number of hydrogen-bond acceptors (Lipinski definition) is 6. The van der Waals surface area contributed by atoms with Crippen LogP contribution in [-0.2, 0) is 9.59 Å². The zero-order chi connectivity index (χ0) is 22.7. The van der Waals surface area contributed by atoms with E-state index in [4.69, 9.17) is 14.2 Å². The Hall–Kier alpha value is -3.48. The summed E-state index contributed by atoms with van der Waals surface area (Å²) in [5, 5.41) is 3.17. The number of carbonyl (C=O) groups is 2. The first kappa shape index (κ1) is 21.7. The SMILES string of the molecule is CCCOc1ccc(C2=C(Nc3ccc4c(c3)OCCO4)C(=O)N(CC(C)C)C2=O)cc1. The topological polar surface area (TPSA) is 77.1 Å². The van der Waals surface area contributed by atoms with Crippen LogP contribution in [0.1, 0.15) is 32.8 Å². The van der Waals surface area contributed by atoms with Gasteiger partial charge in [0.15, 0.2) is 11.5 Å². The van der Waals surface area contributed by atoms with E-state index in [0.29, 0.717) is 54.7 Å². The Morgan fingerprint density at radius 1 is 1.00 bits per heavy atom. The van der Waals surface area contributed by atoms with Gasteiger partial charge in [0.1, 0.15) is 24.7 Å². The highest BCUT2D eigenvalue weighted by molar-refractivity contribution is 6.36. The monoisotopic (exact) mass is 436 g/mol. The van der Waals surface area contributed by atoms with Gasteiger partial charge in [-0.15, -0.1) is 0 Å². The van der Waals surface area contributed by atoms with Crippen molar-refractivity contribution in [1.29, 1.82) is 0 Å². The molecule has 7 heteroatoms. The van der Waals surface area contributed by atoms with Crippen molar-refractivity contribution in [3.63, 3.8) is 0 Å². The van der Waals surface area contributed by atoms with Crippen molar-refractivity contribution in [2.45, 2.75) is 27.2 Å². The van der Waals surface area contributed by atoms with Crippen molar-refractivity contribution in [2.24, 2.45) is 5.92 Å². The molecule has 0 unspecified atom stereocenters. The minimum atomic E-state index is -0.333. The predicted octanol–water partition coefficient (Wildman–Crippen LogP) is 4.09. The first-order valence-corrected chi connectivity index (χ1v) is 11.0. The molecule has 0 spiro atoms. The standard InChI is InChI=1S/C25H28N2O5/c1-4-11-30-19-8-5-17(6-9-19)22-23(25(29)27(24(22)28)15-16(2)3)26-18-7-10-20-21(14-18)32-13-12-31-20/h5-10,14,16,26H,4,11-13,15H2,1-3H3. The van der Waals surface area contributed by atoms with Crippen LogP contribution in [0.4, 0.5) is 5.69 Å². The minimum Gasteiger partial charge on any atom is -0.494 e. The molecule has 0 saturated heterocycles. The van der Waals surface area contributed by atoms with Crippen molar-refractivity contribution in [1.82, 2.24) is 4.90 Å². The zero-order valence-electron chi connectivity index (χ0n) is 18.6. The highest BCUT2D eigenvalue weighted by Crippen LogP contribution is 2.36. The van der Waals surface area contributed by atoms with Crippen molar-refractivity contribution in [3.8, 4) is 17.2 Å². The summed E-state index contributed by atoms with van der Waals surface area (Å²) in [6, 6.07) is 12.7. The van der Waals surface area contributed by atoms with Gasteiger partial charge in [0.2, 0.25) is 0 Å². The molecule has 2 amide bonds. The van der Waals surface area contributed by atoms with Crippen molar-refractivity contribution >= 4 is 23.1 Å². The number of amides is 2. The smallest absolute Gasteiger partial charge is 0.278 e. The maximum Gasteiger partial charge on any atom is 0.278 e. The van der Waals surface area contributed by atoms with Crippen LogP contribution in [0.15, 0.2) is 48.2 Å². The van der Waals surface area contributed by atoms with Crippen LogP contribution in [0.5, 0.6) is 17.2 Å². The van der Waals surface area contributed by atoms with Crippen LogP contribution < -0.4 is 19.5 Å². The van der Waals surface area contributed by atoms with Gasteiger partial charge in [-0.1, -0.05) is 32.9 Å². The fourth-order valence-electron chi connectivity index (χ4n) is 3.69. The molecule has 0 aromatic heterocycles. The first-order valence-electron chi connectivity index (χ1n) is 11.0. The third-order valence-electron chi connectivity index (χ3n) is 5.14. The van der Waals surface area contributed by atoms with Gasteiger partial charge in [-0.05, 0) is 42.2 Å². The van der Waals surface area contributed by atoms with Gasteiger partial charge in [-0.3, -0.25) is 14.5 Å². The number of nitrogens with one attached hydrogen (secondary N) is 1. The third-order valence-corrected chi connectivity index (χ3v) is 5.14. The highest BCUT2D eigenvalue weighted by atomic mass is 16.6. The molecule has 0 radical (unpaired) electrons. The second-order valence-corrected chi connectivity index (χ2v) is 8.22. The van der Waals surface area contributed by atoms with E-state index in [9.17, 15) is 9.59 Å². The highest BCUT2D eigenvalue weighted by Gasteiger charge is 2.39. The summed E-state index contributed by atoms with van der Waals surface area (Å²) in [6.07, 6.45) is 0.910. The summed E-state index contributed by atoms with van der Waals surface area (Å²) in [5.74, 6) is 1.52. The molecular weight excluding hydrogens is 408 g/mol. The van der Waals surface area contributed by atoms with E-state index in [1.54, 1.807) is 12.1 Å². The van der Waals surface area contributed by atoms with E-state index in [2.05, 4.69) is 5.32 Å². The number of ether oxygens (including phenoxy) is 3. The predicted molar refractivity (Wildman–Crippen MR) is 122 cm³/mol. The number of hydrogen-bond donors (Lipinski definition) is 1. The molecule has 7 nitrogen and oxygen atoms in total. The van der Waals surface area contributed by atoms with Gasteiger partial charge in [0.25, 0.3) is 11.8 Å². The fourth-order valence-corrected chi connectivity index (χ4v) is 3.69. The van der Waals surface area contributed by atoms with Gasteiger partial charge in [-0.2, -0.15) is 0 Å². The molecule has 0 bridgehead atoms. The average Bonchev–Trinajstić information content (AvgIpc) is 3.02. The average molecular weight is 437 g/mol. The number of fused-ring (bicyclic) bond motifs is 1. The maximum atomic E-state index is 13.3. The lowest BCUT2D eigenvalue weighted by Crippen LogP contribution is -2.35.